The fourth-order valence-electron chi connectivity index (χ4n) is 17.7. The standard InChI is InChI=1S/C23H34N4O4S.C21H28N4O3S.C19H26N4O2S.C13H16ClN3O2S.C10H19NO2.C2H3ClO.C2HF3O2/c1-23(2,3)31-22(28)24-9-8-18-14-19-20(25-15-26-21(19)32-18)30-17-6-4-16(5-7-17)27-10-12-29-13-11-27;1-14(26)25-7-6-18-17(12-25)19-20(22-13-23-21(19)29-18)28-16-4-2-15(3-5-16)24-8-10-27-11-9-24;1-3-14(4-2-13(1)23-7-9-24-10-8-23)25-18-17-15-11-20-6-5-16(15)26-19(17)22-12-21-18;1-13(2,3)19-12(18)15-5-4-8-6-9-10(14)16-7-17-11(9)20-8;12-10-3-1-9(2-4-10)11-5-7-13-8-6-11;1-2(3)4;3-2(4,5)1(6)7/h14-17H,4-13H2,1-3H3,(H,24,28);13,15-16H,2-12H2,1H3;12-14,20H,1-11H2;6-7H,4-5H2,1-3H3,(H,15,18);9-10,12H,1-8H2;1H3;(H,6,7). The Morgan fingerprint density at radius 1 is 0.489 bits per heavy atom. The average molecular weight is 1950 g/mol. The van der Waals surface area contributed by atoms with Gasteiger partial charge >= 0.3 is 24.3 Å². The highest BCUT2D eigenvalue weighted by atomic mass is 35.5. The number of hydrogen-bond acceptors (Lipinski definition) is 32. The zero-order valence-electron chi connectivity index (χ0n) is 76.2. The highest BCUT2D eigenvalue weighted by Crippen LogP contribution is 2.42. The second kappa shape index (κ2) is 50.0. The summed E-state index contributed by atoms with van der Waals surface area (Å²) in [6, 6.07) is 6.76. The summed E-state index contributed by atoms with van der Waals surface area (Å²) in [5, 5.41) is 29.6. The van der Waals surface area contributed by atoms with E-state index in [1.54, 1.807) is 71.3 Å². The van der Waals surface area contributed by atoms with Crippen LogP contribution in [0.3, 0.4) is 0 Å². The summed E-state index contributed by atoms with van der Waals surface area (Å²) in [5.74, 6) is -0.463. The molecule has 8 aromatic heterocycles. The van der Waals surface area contributed by atoms with Crippen molar-refractivity contribution >= 4 is 139 Å². The number of morpholine rings is 4. The maximum absolute atomic E-state index is 11.9. The molecule has 3 amide bonds. The van der Waals surface area contributed by atoms with Gasteiger partial charge in [0.2, 0.25) is 28.8 Å². The molecular weight excluding hydrogens is 1820 g/mol. The third-order valence-electron chi connectivity index (χ3n) is 24.2. The molecule has 5 N–H and O–H groups in total. The summed E-state index contributed by atoms with van der Waals surface area (Å²) in [6.07, 6.45) is 22.2. The predicted octanol–water partition coefficient (Wildman–Crippen LogP) is 14.2. The normalized spacial score (nSPS) is 23.0. The van der Waals surface area contributed by atoms with Crippen LogP contribution in [0.4, 0.5) is 22.8 Å². The van der Waals surface area contributed by atoms with Gasteiger partial charge in [-0.2, -0.15) is 13.2 Å². The number of carboxylic acid groups (broad SMARTS) is 1. The van der Waals surface area contributed by atoms with Gasteiger partial charge in [0.25, 0.3) is 0 Å². The number of carboxylic acids is 1. The predicted molar refractivity (Wildman–Crippen MR) is 499 cm³/mol. The van der Waals surface area contributed by atoms with E-state index in [1.807, 2.05) is 52.5 Å². The Hall–Kier alpha value is -7.32. The SMILES string of the molecule is CC(=O)Cl.CC(=O)N1CCc2sc3ncnc(OC4CCC(N5CCOCC5)CC4)c3c2C1.CC(C)(C)OC(=O)NCCc1cc2c(Cl)ncnc2s1.CC(C)(C)OC(=O)NCCc1cc2c(OC3CCC(N4CCOCC4)CC3)ncnc2s1.O=C(O)C(F)(F)F.OC1CCC(N2CCOCC2)CC1.c1nc(OC2CCC(N3CCOCC3)CC2)c2c3c(sc2n1)CCNC3. The Labute approximate surface area is 789 Å². The second-order valence-electron chi connectivity index (χ2n) is 35.9. The van der Waals surface area contributed by atoms with Crippen molar-refractivity contribution in [3.63, 3.8) is 0 Å². The maximum Gasteiger partial charge on any atom is 0.490 e. The number of aliphatic carboxylic acids is 1. The van der Waals surface area contributed by atoms with Gasteiger partial charge in [0.05, 0.1) is 75.1 Å². The quantitative estimate of drug-likeness (QED) is 0.0443. The van der Waals surface area contributed by atoms with Crippen LogP contribution in [0, 0.1) is 0 Å². The molecule has 0 atom stereocenters. The molecule has 10 aliphatic rings. The second-order valence-corrected chi connectivity index (χ2v) is 41.2. The number of carbonyl (C=O) groups is 5. The van der Waals surface area contributed by atoms with E-state index in [1.165, 1.54) is 72.7 Å². The molecule has 32 nitrogen and oxygen atoms in total. The van der Waals surface area contributed by atoms with Crippen molar-refractivity contribution in [2.24, 2.45) is 0 Å². The molecule has 14 heterocycles. The molecule has 0 radical (unpaired) electrons. The minimum absolute atomic E-state index is 0.0303. The van der Waals surface area contributed by atoms with Crippen LogP contribution in [0.25, 0.3) is 40.9 Å². The van der Waals surface area contributed by atoms with Gasteiger partial charge in [-0.1, -0.05) is 11.6 Å². The van der Waals surface area contributed by atoms with E-state index in [0.29, 0.717) is 73.6 Å². The molecule has 4 aliphatic carbocycles. The minimum atomic E-state index is -5.08. The number of halogens is 5. The molecule has 41 heteroatoms. The number of nitrogens with one attached hydrogen (secondary N) is 3. The number of amides is 3. The summed E-state index contributed by atoms with van der Waals surface area (Å²) in [7, 11) is 0. The number of thiophene rings is 4. The molecule has 0 unspecified atom stereocenters. The van der Waals surface area contributed by atoms with Crippen molar-refractivity contribution in [2.75, 3.05) is 131 Å². The molecule has 4 saturated carbocycles. The van der Waals surface area contributed by atoms with Crippen LogP contribution in [-0.2, 0) is 81.6 Å². The zero-order chi connectivity index (χ0) is 93.2. The van der Waals surface area contributed by atoms with Crippen LogP contribution >= 0.6 is 68.5 Å². The number of ether oxygens (including phenoxy) is 9. The lowest BCUT2D eigenvalue weighted by molar-refractivity contribution is -0.192. The molecular formula is C90H127Cl2F3N16O16S4. The van der Waals surface area contributed by atoms with E-state index in [-0.39, 0.29) is 35.6 Å². The van der Waals surface area contributed by atoms with E-state index in [0.717, 1.165) is 258 Å². The fraction of sp³-hybridized carbons (Fsp3) is 0.678. The number of aliphatic hydroxyl groups is 1. The Balaban J connectivity index is 0.000000147. The van der Waals surface area contributed by atoms with Gasteiger partial charge in [-0.15, -0.1) is 45.3 Å². The van der Waals surface area contributed by atoms with Crippen LogP contribution in [0.2, 0.25) is 5.15 Å². The van der Waals surface area contributed by atoms with Gasteiger partial charge in [0.15, 0.2) is 0 Å². The number of aliphatic hydroxyl groups excluding tert-OH is 1. The molecule has 8 fully saturated rings. The Kier molecular flexibility index (Phi) is 39.1. The van der Waals surface area contributed by atoms with Gasteiger partial charge in [-0.25, -0.2) is 54.3 Å². The lowest BCUT2D eigenvalue weighted by Gasteiger charge is -2.38. The zero-order valence-corrected chi connectivity index (χ0v) is 81.0. The highest BCUT2D eigenvalue weighted by Gasteiger charge is 2.39. The number of nitrogens with zero attached hydrogens (tertiary/aromatic N) is 13. The number of hydrogen-bond donors (Lipinski definition) is 5. The molecule has 0 spiro atoms. The van der Waals surface area contributed by atoms with Crippen LogP contribution in [0.1, 0.15) is 189 Å². The number of rotatable bonds is 16. The Morgan fingerprint density at radius 3 is 1.23 bits per heavy atom. The molecule has 6 aliphatic heterocycles. The molecule has 131 heavy (non-hydrogen) atoms. The van der Waals surface area contributed by atoms with Crippen LogP contribution in [0.15, 0.2) is 37.4 Å². The number of alkyl carbamates (subject to hydrolysis) is 2. The Morgan fingerprint density at radius 2 is 0.840 bits per heavy atom. The number of fused-ring (bicyclic) bond motifs is 8. The van der Waals surface area contributed by atoms with Gasteiger partial charge in [0, 0.05) is 160 Å². The van der Waals surface area contributed by atoms with E-state index >= 15 is 0 Å². The van der Waals surface area contributed by atoms with Gasteiger partial charge in [-0.3, -0.25) is 29.2 Å². The number of carbonyl (C=O) groups excluding carboxylic acids is 4. The monoisotopic (exact) mass is 1940 g/mol. The Bertz CT molecular complexity index is 4950. The van der Waals surface area contributed by atoms with Crippen molar-refractivity contribution in [2.45, 2.75) is 263 Å². The van der Waals surface area contributed by atoms with Crippen molar-refractivity contribution < 1.29 is 90.0 Å². The summed E-state index contributed by atoms with van der Waals surface area (Å²) in [5.41, 5.74) is 1.56. The molecule has 722 valence electrons. The van der Waals surface area contributed by atoms with Gasteiger partial charge in [0.1, 0.15) is 79.3 Å². The minimum Gasteiger partial charge on any atom is -0.475 e. The first-order valence-electron chi connectivity index (χ1n) is 45.8. The first-order valence-corrected chi connectivity index (χ1v) is 49.8. The molecule has 0 aromatic carbocycles. The van der Waals surface area contributed by atoms with Gasteiger partial charge in [-0.05, 0) is 199 Å². The topological polar surface area (TPSA) is 364 Å². The lowest BCUT2D eigenvalue weighted by Crippen LogP contribution is -2.46. The smallest absolute Gasteiger partial charge is 0.475 e. The highest BCUT2D eigenvalue weighted by molar-refractivity contribution is 7.19. The average Bonchev–Trinajstić information content (AvgIpc) is 1.62. The third-order valence-corrected chi connectivity index (χ3v) is 29.1. The first kappa shape index (κ1) is 103. The van der Waals surface area contributed by atoms with Crippen molar-refractivity contribution in [3.05, 3.63) is 73.2 Å². The first-order chi connectivity index (χ1) is 62.8. The van der Waals surface area contributed by atoms with E-state index in [4.69, 9.17) is 64.1 Å². The van der Waals surface area contributed by atoms with E-state index in [2.05, 4.69) is 93.1 Å². The largest absolute Gasteiger partial charge is 0.490 e. The van der Waals surface area contributed by atoms with Crippen molar-refractivity contribution in [3.8, 4) is 17.6 Å². The molecule has 18 rings (SSSR count). The number of aromatic nitrogens is 8. The fourth-order valence-corrected chi connectivity index (χ4v) is 22.2. The van der Waals surface area contributed by atoms with Crippen LogP contribution in [0.5, 0.6) is 17.6 Å². The number of alkyl halides is 3. The van der Waals surface area contributed by atoms with E-state index in [9.17, 15) is 37.5 Å². The third kappa shape index (κ3) is 31.9. The van der Waals surface area contributed by atoms with Crippen LogP contribution in [-0.4, -0.2) is 301 Å². The van der Waals surface area contributed by atoms with E-state index < -0.39 is 35.5 Å². The summed E-state index contributed by atoms with van der Waals surface area (Å²) < 4.78 is 83.1. The van der Waals surface area contributed by atoms with Crippen molar-refractivity contribution in [1.29, 1.82) is 0 Å². The molecule has 4 saturated heterocycles. The summed E-state index contributed by atoms with van der Waals surface area (Å²) >= 11 is 17.3. The summed E-state index contributed by atoms with van der Waals surface area (Å²) in [4.78, 5) is 109. The van der Waals surface area contributed by atoms with Crippen LogP contribution < -0.4 is 30.2 Å². The van der Waals surface area contributed by atoms with Gasteiger partial charge < -0.3 is 73.7 Å². The molecule has 0 bridgehead atoms. The lowest BCUT2D eigenvalue weighted by atomic mass is 9.91. The van der Waals surface area contributed by atoms with Crippen molar-refractivity contribution in [1.82, 2.24) is 80.3 Å². The molecule has 8 aromatic rings. The summed E-state index contributed by atoms with van der Waals surface area (Å²) in [6.45, 7) is 33.9. The maximum atomic E-state index is 11.9.